The smallest absolute Gasteiger partial charge is 0.190 e. The topological polar surface area (TPSA) is 36.4 Å². The minimum absolute atomic E-state index is 0. The van der Waals surface area contributed by atoms with Crippen LogP contribution in [0, 0.1) is 11.8 Å². The number of hydrogen-bond donors (Lipinski definition) is 2. The van der Waals surface area contributed by atoms with Crippen LogP contribution in [0.2, 0.25) is 0 Å². The molecule has 0 saturated heterocycles. The molecule has 0 aromatic heterocycles. The van der Waals surface area contributed by atoms with E-state index in [0.29, 0.717) is 5.92 Å². The van der Waals surface area contributed by atoms with Crippen molar-refractivity contribution in [3.63, 3.8) is 0 Å². The Morgan fingerprint density at radius 1 is 1.00 bits per heavy atom. The molecule has 2 N–H and O–H groups in total. The molecule has 0 fully saturated rings. The molecule has 104 valence electrons. The maximum Gasteiger partial charge on any atom is 0.190 e. The Hall–Kier alpha value is 0. The quantitative estimate of drug-likeness (QED) is 0.318. The van der Waals surface area contributed by atoms with E-state index in [0.717, 1.165) is 25.0 Å². The summed E-state index contributed by atoms with van der Waals surface area (Å²) < 4.78 is 0. The maximum absolute atomic E-state index is 4.19. The average molecular weight is 355 g/mol. The van der Waals surface area contributed by atoms with Crippen molar-refractivity contribution in [2.45, 2.75) is 47.0 Å². The van der Waals surface area contributed by atoms with Crippen LogP contribution in [0.3, 0.4) is 0 Å². The fourth-order valence-corrected chi connectivity index (χ4v) is 1.41. The largest absolute Gasteiger partial charge is 0.356 e. The lowest BCUT2D eigenvalue weighted by Gasteiger charge is -2.13. The molecule has 0 aliphatic carbocycles. The van der Waals surface area contributed by atoms with Crippen molar-refractivity contribution < 1.29 is 0 Å². The highest BCUT2D eigenvalue weighted by molar-refractivity contribution is 14.0. The van der Waals surface area contributed by atoms with Gasteiger partial charge in [0.15, 0.2) is 5.96 Å². The van der Waals surface area contributed by atoms with Crippen LogP contribution >= 0.6 is 24.0 Å². The van der Waals surface area contributed by atoms with Gasteiger partial charge in [0.25, 0.3) is 0 Å². The molecular formula is C13H30IN3. The normalized spacial score (nSPS) is 11.6. The van der Waals surface area contributed by atoms with Gasteiger partial charge < -0.3 is 10.6 Å². The van der Waals surface area contributed by atoms with Gasteiger partial charge in [-0.25, -0.2) is 0 Å². The van der Waals surface area contributed by atoms with E-state index in [1.807, 2.05) is 7.05 Å². The van der Waals surface area contributed by atoms with Gasteiger partial charge in [-0.3, -0.25) is 4.99 Å². The summed E-state index contributed by atoms with van der Waals surface area (Å²) in [5.41, 5.74) is 0. The van der Waals surface area contributed by atoms with Crippen molar-refractivity contribution in [1.82, 2.24) is 10.6 Å². The molecule has 0 aliphatic heterocycles. The molecule has 0 amide bonds. The molecule has 0 bridgehead atoms. The fourth-order valence-electron chi connectivity index (χ4n) is 1.41. The van der Waals surface area contributed by atoms with Crippen molar-refractivity contribution in [3.8, 4) is 0 Å². The number of nitrogens with zero attached hydrogens (tertiary/aromatic N) is 1. The summed E-state index contributed by atoms with van der Waals surface area (Å²) in [5, 5.41) is 6.64. The first kappa shape index (κ1) is 19.3. The maximum atomic E-state index is 4.19. The van der Waals surface area contributed by atoms with Gasteiger partial charge in [-0.1, -0.05) is 40.5 Å². The lowest BCUT2D eigenvalue weighted by atomic mass is 10.1. The summed E-state index contributed by atoms with van der Waals surface area (Å²) in [6.07, 6.45) is 3.84. The highest BCUT2D eigenvalue weighted by Crippen LogP contribution is 2.04. The Morgan fingerprint density at radius 3 is 2.12 bits per heavy atom. The van der Waals surface area contributed by atoms with E-state index in [1.54, 1.807) is 0 Å². The molecule has 17 heavy (non-hydrogen) atoms. The minimum atomic E-state index is 0. The zero-order valence-electron chi connectivity index (χ0n) is 12.0. The number of unbranched alkanes of at least 4 members (excludes halogenated alkanes) is 1. The third kappa shape index (κ3) is 13.9. The van der Waals surface area contributed by atoms with Gasteiger partial charge in [0, 0.05) is 20.1 Å². The highest BCUT2D eigenvalue weighted by atomic mass is 127. The van der Waals surface area contributed by atoms with Crippen LogP contribution < -0.4 is 10.6 Å². The number of hydrogen-bond acceptors (Lipinski definition) is 1. The third-order valence-electron chi connectivity index (χ3n) is 2.40. The zero-order valence-corrected chi connectivity index (χ0v) is 14.4. The molecule has 0 aromatic rings. The molecule has 3 nitrogen and oxygen atoms in total. The van der Waals surface area contributed by atoms with Crippen LogP contribution in [0.5, 0.6) is 0 Å². The Labute approximate surface area is 124 Å². The second kappa shape index (κ2) is 12.5. The second-order valence-electron chi connectivity index (χ2n) is 5.16. The molecule has 0 saturated carbocycles. The fraction of sp³-hybridized carbons (Fsp3) is 0.923. The van der Waals surface area contributed by atoms with E-state index < -0.39 is 0 Å². The van der Waals surface area contributed by atoms with E-state index in [9.17, 15) is 0 Å². The highest BCUT2D eigenvalue weighted by Gasteiger charge is 1.99. The standard InChI is InChI=1S/C13H29N3.HI/c1-11(2)8-6-7-9-15-13(14-5)16-10-12(3)4;/h11-12H,6-10H2,1-5H3,(H2,14,15,16);1H. The van der Waals surface area contributed by atoms with Gasteiger partial charge in [0.1, 0.15) is 0 Å². The van der Waals surface area contributed by atoms with Crippen molar-refractivity contribution in [2.24, 2.45) is 16.8 Å². The number of nitrogens with one attached hydrogen (secondary N) is 2. The number of guanidine groups is 1. The van der Waals surface area contributed by atoms with Crippen molar-refractivity contribution in [3.05, 3.63) is 0 Å². The van der Waals surface area contributed by atoms with E-state index >= 15 is 0 Å². The summed E-state index contributed by atoms with van der Waals surface area (Å²) in [7, 11) is 1.82. The lowest BCUT2D eigenvalue weighted by Crippen LogP contribution is -2.39. The number of aliphatic imine (C=N–C) groups is 1. The van der Waals surface area contributed by atoms with Gasteiger partial charge in [-0.15, -0.1) is 24.0 Å². The third-order valence-corrected chi connectivity index (χ3v) is 2.40. The van der Waals surface area contributed by atoms with Crippen molar-refractivity contribution in [1.29, 1.82) is 0 Å². The monoisotopic (exact) mass is 355 g/mol. The molecule has 0 spiro atoms. The van der Waals surface area contributed by atoms with Crippen LogP contribution in [0.15, 0.2) is 4.99 Å². The Kier molecular flexibility index (Phi) is 14.2. The van der Waals surface area contributed by atoms with Crippen LogP contribution in [0.4, 0.5) is 0 Å². The number of rotatable bonds is 7. The molecular weight excluding hydrogens is 325 g/mol. The molecule has 0 heterocycles. The minimum Gasteiger partial charge on any atom is -0.356 e. The predicted molar refractivity (Wildman–Crippen MR) is 88.3 cm³/mol. The molecule has 0 atom stereocenters. The van der Waals surface area contributed by atoms with Crippen LogP contribution in [-0.2, 0) is 0 Å². The van der Waals surface area contributed by atoms with Crippen molar-refractivity contribution in [2.75, 3.05) is 20.1 Å². The summed E-state index contributed by atoms with van der Waals surface area (Å²) in [6.45, 7) is 10.9. The Bertz CT molecular complexity index is 191. The summed E-state index contributed by atoms with van der Waals surface area (Å²) in [4.78, 5) is 4.19. The van der Waals surface area contributed by atoms with E-state index in [1.165, 1.54) is 19.3 Å². The summed E-state index contributed by atoms with van der Waals surface area (Å²) in [6, 6.07) is 0. The van der Waals surface area contributed by atoms with Gasteiger partial charge in [0.05, 0.1) is 0 Å². The molecule has 0 unspecified atom stereocenters. The SMILES string of the molecule is CN=C(NCCCCC(C)C)NCC(C)C.I. The van der Waals surface area contributed by atoms with Gasteiger partial charge >= 0.3 is 0 Å². The first-order chi connectivity index (χ1) is 7.56. The second-order valence-corrected chi connectivity index (χ2v) is 5.16. The van der Waals surface area contributed by atoms with Gasteiger partial charge in [-0.05, 0) is 18.3 Å². The summed E-state index contributed by atoms with van der Waals surface area (Å²) >= 11 is 0. The van der Waals surface area contributed by atoms with E-state index in [2.05, 4.69) is 43.3 Å². The molecule has 0 aliphatic rings. The first-order valence-corrected chi connectivity index (χ1v) is 6.50. The first-order valence-electron chi connectivity index (χ1n) is 6.50. The predicted octanol–water partition coefficient (Wildman–Crippen LogP) is 3.25. The van der Waals surface area contributed by atoms with Crippen LogP contribution in [0.25, 0.3) is 0 Å². The summed E-state index contributed by atoms with van der Waals surface area (Å²) in [5.74, 6) is 2.40. The average Bonchev–Trinajstić information content (AvgIpc) is 2.21. The molecule has 4 heteroatoms. The van der Waals surface area contributed by atoms with Gasteiger partial charge in [0.2, 0.25) is 0 Å². The Balaban J connectivity index is 0. The molecule has 0 rings (SSSR count). The van der Waals surface area contributed by atoms with E-state index in [4.69, 9.17) is 0 Å². The molecule has 0 aromatic carbocycles. The zero-order chi connectivity index (χ0) is 12.4. The van der Waals surface area contributed by atoms with Gasteiger partial charge in [-0.2, -0.15) is 0 Å². The van der Waals surface area contributed by atoms with Crippen molar-refractivity contribution >= 4 is 29.9 Å². The van der Waals surface area contributed by atoms with Crippen LogP contribution in [-0.4, -0.2) is 26.1 Å². The molecule has 0 radical (unpaired) electrons. The lowest BCUT2D eigenvalue weighted by molar-refractivity contribution is 0.533. The van der Waals surface area contributed by atoms with Crippen LogP contribution in [0.1, 0.15) is 47.0 Å². The van der Waals surface area contributed by atoms with E-state index in [-0.39, 0.29) is 24.0 Å². The number of halogens is 1. The Morgan fingerprint density at radius 2 is 1.65 bits per heavy atom.